The summed E-state index contributed by atoms with van der Waals surface area (Å²) < 4.78 is 7.61. The second-order valence-electron chi connectivity index (χ2n) is 8.11. The molecule has 9 nitrogen and oxygen atoms in total. The van der Waals surface area contributed by atoms with Crippen LogP contribution < -0.4 is 11.1 Å². The normalized spacial score (nSPS) is 16.5. The SMILES string of the molecule is CC(C)n1c(CNC(=O)C2CCCO2)nc2c(N)nc3cc(-c4ccn[nH]4)ccc3c21. The summed E-state index contributed by atoms with van der Waals surface area (Å²) in [6, 6.07) is 8.10. The van der Waals surface area contributed by atoms with Gasteiger partial charge in [-0.25, -0.2) is 9.97 Å². The highest BCUT2D eigenvalue weighted by molar-refractivity contribution is 6.07. The number of rotatable bonds is 5. The van der Waals surface area contributed by atoms with E-state index < -0.39 is 0 Å². The first-order chi connectivity index (χ1) is 15.0. The van der Waals surface area contributed by atoms with Crippen molar-refractivity contribution in [2.75, 3.05) is 12.3 Å². The van der Waals surface area contributed by atoms with Crippen molar-refractivity contribution in [2.45, 2.75) is 45.4 Å². The van der Waals surface area contributed by atoms with Crippen molar-refractivity contribution in [3.63, 3.8) is 0 Å². The maximum Gasteiger partial charge on any atom is 0.249 e. The van der Waals surface area contributed by atoms with E-state index in [0.29, 0.717) is 24.5 Å². The van der Waals surface area contributed by atoms with Gasteiger partial charge in [-0.15, -0.1) is 0 Å². The van der Waals surface area contributed by atoms with Gasteiger partial charge < -0.3 is 20.4 Å². The number of H-pyrrole nitrogens is 1. The van der Waals surface area contributed by atoms with Gasteiger partial charge in [-0.1, -0.05) is 6.07 Å². The number of hydrogen-bond donors (Lipinski definition) is 3. The average Bonchev–Trinajstić information content (AvgIpc) is 3.52. The minimum atomic E-state index is -0.370. The number of carbonyl (C=O) groups is 1. The number of amides is 1. The Balaban J connectivity index is 1.58. The Morgan fingerprint density at radius 2 is 2.23 bits per heavy atom. The molecule has 0 bridgehead atoms. The molecule has 0 aliphatic carbocycles. The van der Waals surface area contributed by atoms with Crippen LogP contribution in [0.15, 0.2) is 30.5 Å². The van der Waals surface area contributed by atoms with Gasteiger partial charge in [0.15, 0.2) is 5.82 Å². The van der Waals surface area contributed by atoms with Crippen molar-refractivity contribution >= 4 is 33.7 Å². The van der Waals surface area contributed by atoms with E-state index in [1.165, 1.54) is 0 Å². The second-order valence-corrected chi connectivity index (χ2v) is 8.11. The van der Waals surface area contributed by atoms with Crippen LogP contribution >= 0.6 is 0 Å². The quantitative estimate of drug-likeness (QED) is 0.457. The number of pyridine rings is 1. The van der Waals surface area contributed by atoms with Gasteiger partial charge in [-0.3, -0.25) is 9.89 Å². The maximum absolute atomic E-state index is 12.4. The molecule has 1 fully saturated rings. The summed E-state index contributed by atoms with van der Waals surface area (Å²) in [5.41, 5.74) is 10.6. The molecule has 4 aromatic rings. The van der Waals surface area contributed by atoms with Crippen molar-refractivity contribution in [2.24, 2.45) is 0 Å². The van der Waals surface area contributed by atoms with E-state index >= 15 is 0 Å². The number of nitrogen functional groups attached to an aromatic ring is 1. The molecular formula is C22H25N7O2. The van der Waals surface area contributed by atoms with Crippen LogP contribution in [-0.4, -0.2) is 43.4 Å². The number of hydrogen-bond acceptors (Lipinski definition) is 6. The van der Waals surface area contributed by atoms with E-state index in [9.17, 15) is 4.79 Å². The molecule has 0 saturated carbocycles. The monoisotopic (exact) mass is 419 g/mol. The first kappa shape index (κ1) is 19.5. The lowest BCUT2D eigenvalue weighted by molar-refractivity contribution is -0.130. The van der Waals surface area contributed by atoms with Gasteiger partial charge in [0.2, 0.25) is 5.91 Å². The molecule has 0 spiro atoms. The predicted octanol–water partition coefficient (Wildman–Crippen LogP) is 2.93. The number of benzene rings is 1. The summed E-state index contributed by atoms with van der Waals surface area (Å²) in [7, 11) is 0. The third-order valence-electron chi connectivity index (χ3n) is 5.69. The molecule has 1 saturated heterocycles. The Morgan fingerprint density at radius 1 is 1.35 bits per heavy atom. The van der Waals surface area contributed by atoms with E-state index in [2.05, 4.69) is 38.9 Å². The van der Waals surface area contributed by atoms with Crippen molar-refractivity contribution < 1.29 is 9.53 Å². The molecule has 1 atom stereocenters. The summed E-state index contributed by atoms with van der Waals surface area (Å²) in [6.45, 7) is 5.12. The van der Waals surface area contributed by atoms with Gasteiger partial charge in [0.05, 0.1) is 23.3 Å². The highest BCUT2D eigenvalue weighted by Crippen LogP contribution is 2.33. The van der Waals surface area contributed by atoms with Gasteiger partial charge in [0.1, 0.15) is 17.4 Å². The van der Waals surface area contributed by atoms with Gasteiger partial charge in [0, 0.05) is 29.8 Å². The van der Waals surface area contributed by atoms with Crippen LogP contribution in [0.2, 0.25) is 0 Å². The largest absolute Gasteiger partial charge is 0.382 e. The van der Waals surface area contributed by atoms with Crippen LogP contribution in [0, 0.1) is 0 Å². The number of nitrogens with zero attached hydrogens (tertiary/aromatic N) is 4. The van der Waals surface area contributed by atoms with Gasteiger partial charge in [0.25, 0.3) is 0 Å². The van der Waals surface area contributed by atoms with Gasteiger partial charge >= 0.3 is 0 Å². The first-order valence-electron chi connectivity index (χ1n) is 10.5. The summed E-state index contributed by atoms with van der Waals surface area (Å²) in [5, 5.41) is 10.9. The highest BCUT2D eigenvalue weighted by atomic mass is 16.5. The topological polar surface area (TPSA) is 124 Å². The van der Waals surface area contributed by atoms with E-state index in [0.717, 1.165) is 46.3 Å². The van der Waals surface area contributed by atoms with E-state index in [1.807, 2.05) is 24.3 Å². The lowest BCUT2D eigenvalue weighted by Crippen LogP contribution is -2.34. The Bertz CT molecular complexity index is 1250. The molecule has 3 aromatic heterocycles. The molecule has 5 rings (SSSR count). The van der Waals surface area contributed by atoms with Crippen LogP contribution in [0.1, 0.15) is 38.6 Å². The molecule has 1 amide bonds. The number of nitrogens with one attached hydrogen (secondary N) is 2. The average molecular weight is 419 g/mol. The zero-order chi connectivity index (χ0) is 21.5. The number of anilines is 1. The molecule has 160 valence electrons. The van der Waals surface area contributed by atoms with Crippen molar-refractivity contribution in [1.82, 2.24) is 30.0 Å². The highest BCUT2D eigenvalue weighted by Gasteiger charge is 2.25. The molecule has 0 radical (unpaired) electrons. The van der Waals surface area contributed by atoms with Crippen LogP contribution in [0.3, 0.4) is 0 Å². The lowest BCUT2D eigenvalue weighted by Gasteiger charge is -2.16. The number of aromatic nitrogens is 5. The van der Waals surface area contributed by atoms with Crippen molar-refractivity contribution in [1.29, 1.82) is 0 Å². The number of nitrogens with two attached hydrogens (primary N) is 1. The Morgan fingerprint density at radius 3 is 2.94 bits per heavy atom. The molecule has 4 N–H and O–H groups in total. The number of carbonyl (C=O) groups excluding carboxylic acids is 1. The first-order valence-corrected chi connectivity index (χ1v) is 10.5. The summed E-state index contributed by atoms with van der Waals surface area (Å²) >= 11 is 0. The Labute approximate surface area is 179 Å². The number of imidazole rings is 1. The second kappa shape index (κ2) is 7.66. The zero-order valence-corrected chi connectivity index (χ0v) is 17.6. The Kier molecular flexibility index (Phi) is 4.82. The fourth-order valence-electron chi connectivity index (χ4n) is 4.25. The molecule has 1 aromatic carbocycles. The third-order valence-corrected chi connectivity index (χ3v) is 5.69. The lowest BCUT2D eigenvalue weighted by atomic mass is 10.1. The van der Waals surface area contributed by atoms with Crippen molar-refractivity contribution in [3.8, 4) is 11.3 Å². The molecule has 4 heterocycles. The van der Waals surface area contributed by atoms with E-state index in [1.54, 1.807) is 6.20 Å². The summed E-state index contributed by atoms with van der Waals surface area (Å²) in [6.07, 6.45) is 3.02. The Hall–Kier alpha value is -3.46. The van der Waals surface area contributed by atoms with Crippen LogP contribution in [-0.2, 0) is 16.1 Å². The van der Waals surface area contributed by atoms with Gasteiger partial charge in [-0.05, 0) is 44.9 Å². The number of ether oxygens (including phenoxy) is 1. The summed E-state index contributed by atoms with van der Waals surface area (Å²) in [5.74, 6) is 1.02. The molecule has 9 heteroatoms. The minimum absolute atomic E-state index is 0.0972. The minimum Gasteiger partial charge on any atom is -0.382 e. The van der Waals surface area contributed by atoms with Crippen molar-refractivity contribution in [3.05, 3.63) is 36.3 Å². The maximum atomic E-state index is 12.4. The molecular weight excluding hydrogens is 394 g/mol. The molecule has 1 aliphatic heterocycles. The third kappa shape index (κ3) is 3.40. The molecule has 1 aliphatic rings. The standard InChI is InChI=1S/C22H25N7O2/c1-12(2)29-18(11-24-22(30)17-4-3-9-31-17)27-19-20(29)14-6-5-13(15-7-8-25-28-15)10-16(14)26-21(19)23/h5-8,10,12,17H,3-4,9,11H2,1-2H3,(H2,23,26)(H,24,30)(H,25,28). The van der Waals surface area contributed by atoms with Crippen LogP contribution in [0.4, 0.5) is 5.82 Å². The smallest absolute Gasteiger partial charge is 0.249 e. The zero-order valence-electron chi connectivity index (χ0n) is 17.6. The number of aromatic amines is 1. The van der Waals surface area contributed by atoms with E-state index in [4.69, 9.17) is 15.5 Å². The molecule has 31 heavy (non-hydrogen) atoms. The fourth-order valence-corrected chi connectivity index (χ4v) is 4.25. The van der Waals surface area contributed by atoms with Crippen LogP contribution in [0.5, 0.6) is 0 Å². The molecule has 1 unspecified atom stereocenters. The van der Waals surface area contributed by atoms with E-state index in [-0.39, 0.29) is 18.1 Å². The van der Waals surface area contributed by atoms with Crippen LogP contribution in [0.25, 0.3) is 33.2 Å². The van der Waals surface area contributed by atoms with Gasteiger partial charge in [-0.2, -0.15) is 5.10 Å². The summed E-state index contributed by atoms with van der Waals surface area (Å²) in [4.78, 5) is 21.8. The fraction of sp³-hybridized carbons (Fsp3) is 0.364. The number of fused-ring (bicyclic) bond motifs is 3. The predicted molar refractivity (Wildman–Crippen MR) is 118 cm³/mol.